The quantitative estimate of drug-likeness (QED) is 0.439. The number of carbonyl (C=O) groups excluding carboxylic acids is 4. The molecule has 10 heteroatoms. The van der Waals surface area contributed by atoms with E-state index < -0.39 is 17.7 Å². The smallest absolute Gasteiger partial charge is 0.313 e. The lowest BCUT2D eigenvalue weighted by atomic mass is 9.95. The van der Waals surface area contributed by atoms with E-state index >= 15 is 0 Å². The molecule has 0 saturated carbocycles. The van der Waals surface area contributed by atoms with Crippen LogP contribution in [0, 0.1) is 0 Å². The monoisotopic (exact) mass is 453 g/mol. The van der Waals surface area contributed by atoms with Crippen LogP contribution in [0.15, 0.2) is 47.8 Å². The van der Waals surface area contributed by atoms with E-state index in [4.69, 9.17) is 10.5 Å². The normalized spacial score (nSPS) is 18.3. The highest BCUT2D eigenvalue weighted by atomic mass is 16.5. The first-order chi connectivity index (χ1) is 15.7. The maximum absolute atomic E-state index is 13.0. The molecule has 1 aromatic heterocycles. The number of aromatic nitrogens is 1. The molecule has 0 bridgehead atoms. The maximum atomic E-state index is 13.0. The Bertz CT molecular complexity index is 1080. The molecule has 4 N–H and O–H groups in total. The number of ether oxygens (including phenoxy) is 1. The van der Waals surface area contributed by atoms with Crippen molar-refractivity contribution < 1.29 is 23.9 Å². The van der Waals surface area contributed by atoms with Crippen LogP contribution in [0.25, 0.3) is 0 Å². The van der Waals surface area contributed by atoms with Crippen LogP contribution in [-0.2, 0) is 14.4 Å². The van der Waals surface area contributed by atoms with E-state index in [2.05, 4.69) is 22.2 Å². The predicted octanol–water partition coefficient (Wildman–Crippen LogP) is 1.42. The minimum Gasteiger partial charge on any atom is -0.480 e. The Hall–Kier alpha value is -3.95. The van der Waals surface area contributed by atoms with Gasteiger partial charge in [-0.05, 0) is 49.5 Å². The Labute approximate surface area is 191 Å². The van der Waals surface area contributed by atoms with Crippen LogP contribution in [-0.4, -0.2) is 53.2 Å². The van der Waals surface area contributed by atoms with Gasteiger partial charge in [-0.1, -0.05) is 12.7 Å². The van der Waals surface area contributed by atoms with E-state index in [0.29, 0.717) is 25.0 Å². The molecule has 1 fully saturated rings. The second-order valence-electron chi connectivity index (χ2n) is 7.94. The Morgan fingerprint density at radius 2 is 2.12 bits per heavy atom. The molecule has 2 aliphatic heterocycles. The number of piperidine rings is 1. The zero-order valence-electron chi connectivity index (χ0n) is 18.6. The fourth-order valence-electron chi connectivity index (χ4n) is 3.86. The number of likely N-dealkylation sites (tertiary alicyclic amines) is 1. The lowest BCUT2D eigenvalue weighted by Gasteiger charge is -2.35. The van der Waals surface area contributed by atoms with Crippen molar-refractivity contribution in [2.24, 2.45) is 5.73 Å². The Morgan fingerprint density at radius 1 is 1.36 bits per heavy atom. The summed E-state index contributed by atoms with van der Waals surface area (Å²) in [7, 11) is 1.34. The maximum Gasteiger partial charge on any atom is 0.313 e. The van der Waals surface area contributed by atoms with Crippen molar-refractivity contribution >= 4 is 29.3 Å². The molecular formula is C23H27N5O5. The molecule has 3 heterocycles. The van der Waals surface area contributed by atoms with E-state index in [-0.39, 0.29) is 29.1 Å². The summed E-state index contributed by atoms with van der Waals surface area (Å²) in [5.41, 5.74) is 7.78. The Morgan fingerprint density at radius 3 is 2.76 bits per heavy atom. The molecule has 0 radical (unpaired) electrons. The second kappa shape index (κ2) is 10.1. The summed E-state index contributed by atoms with van der Waals surface area (Å²) in [4.78, 5) is 54.2. The van der Waals surface area contributed by atoms with Crippen LogP contribution < -0.4 is 21.1 Å². The molecule has 33 heavy (non-hydrogen) atoms. The molecule has 174 valence electrons. The summed E-state index contributed by atoms with van der Waals surface area (Å²) in [6, 6.07) is 0.960. The van der Waals surface area contributed by atoms with E-state index in [1.54, 1.807) is 12.2 Å². The van der Waals surface area contributed by atoms with Crippen LogP contribution in [0.2, 0.25) is 0 Å². The summed E-state index contributed by atoms with van der Waals surface area (Å²) >= 11 is 0. The number of carbonyl (C=O) groups is 4. The van der Waals surface area contributed by atoms with Crippen molar-refractivity contribution in [2.75, 3.05) is 19.0 Å². The molecule has 4 amide bonds. The topological polar surface area (TPSA) is 144 Å². The molecule has 1 atom stereocenters. The summed E-state index contributed by atoms with van der Waals surface area (Å²) < 4.78 is 4.98. The summed E-state index contributed by atoms with van der Waals surface area (Å²) in [6.07, 6.45) is 7.51. The van der Waals surface area contributed by atoms with Crippen molar-refractivity contribution in [3.63, 3.8) is 0 Å². The number of primary amides is 1. The van der Waals surface area contributed by atoms with Gasteiger partial charge >= 0.3 is 11.8 Å². The van der Waals surface area contributed by atoms with Crippen LogP contribution in [0.4, 0.5) is 5.69 Å². The van der Waals surface area contributed by atoms with E-state index in [9.17, 15) is 19.2 Å². The van der Waals surface area contributed by atoms with Crippen LogP contribution >= 0.6 is 0 Å². The number of allylic oxidation sites excluding steroid dienone is 1. The van der Waals surface area contributed by atoms with Gasteiger partial charge < -0.3 is 26.0 Å². The van der Waals surface area contributed by atoms with Gasteiger partial charge in [0.1, 0.15) is 5.56 Å². The highest BCUT2D eigenvalue weighted by Crippen LogP contribution is 2.25. The molecule has 0 aliphatic carbocycles. The average molecular weight is 453 g/mol. The number of anilines is 1. The van der Waals surface area contributed by atoms with Gasteiger partial charge in [0.15, 0.2) is 0 Å². The average Bonchev–Trinajstić information content (AvgIpc) is 3.13. The van der Waals surface area contributed by atoms with Gasteiger partial charge in [-0.15, -0.1) is 0 Å². The van der Waals surface area contributed by atoms with Gasteiger partial charge in [0.05, 0.1) is 25.0 Å². The zero-order chi connectivity index (χ0) is 24.1. The third-order valence-electron chi connectivity index (χ3n) is 5.58. The molecule has 2 aliphatic rings. The number of nitrogens with one attached hydrogen (secondary N) is 2. The molecular weight excluding hydrogens is 426 g/mol. The van der Waals surface area contributed by atoms with Crippen molar-refractivity contribution in [1.29, 1.82) is 0 Å². The first kappa shape index (κ1) is 23.7. The van der Waals surface area contributed by atoms with Crippen molar-refractivity contribution in [1.82, 2.24) is 15.2 Å². The number of nitrogens with zero attached hydrogens (tertiary/aromatic N) is 2. The van der Waals surface area contributed by atoms with Gasteiger partial charge in [0, 0.05) is 18.7 Å². The number of nitrogens with two attached hydrogens (primary N) is 1. The van der Waals surface area contributed by atoms with Gasteiger partial charge in [-0.2, -0.15) is 0 Å². The molecule has 0 spiro atoms. The SMILES string of the molecule is C=C(/C=C\C1=C(C)CC(=O)N1)[C@@H]1CCCCN1C(=O)C(=O)Nc1cnc(OC)c(C(N)=O)c1. The van der Waals surface area contributed by atoms with E-state index in [1.807, 2.05) is 6.92 Å². The minimum atomic E-state index is -0.859. The number of pyridine rings is 1. The van der Waals surface area contributed by atoms with Crippen LogP contribution in [0.1, 0.15) is 43.0 Å². The summed E-state index contributed by atoms with van der Waals surface area (Å²) in [5.74, 6) is -2.38. The lowest BCUT2D eigenvalue weighted by molar-refractivity contribution is -0.145. The fourth-order valence-corrected chi connectivity index (χ4v) is 3.86. The highest BCUT2D eigenvalue weighted by molar-refractivity contribution is 6.39. The molecule has 1 saturated heterocycles. The lowest BCUT2D eigenvalue weighted by Crippen LogP contribution is -2.48. The predicted molar refractivity (Wildman–Crippen MR) is 121 cm³/mol. The van der Waals surface area contributed by atoms with Gasteiger partial charge in [-0.25, -0.2) is 4.98 Å². The van der Waals surface area contributed by atoms with E-state index in [0.717, 1.165) is 24.1 Å². The number of rotatable bonds is 6. The third kappa shape index (κ3) is 5.46. The first-order valence-corrected chi connectivity index (χ1v) is 10.5. The second-order valence-corrected chi connectivity index (χ2v) is 7.94. The van der Waals surface area contributed by atoms with E-state index in [1.165, 1.54) is 24.3 Å². The first-order valence-electron chi connectivity index (χ1n) is 10.5. The van der Waals surface area contributed by atoms with Crippen LogP contribution in [0.3, 0.4) is 0 Å². The fraction of sp³-hybridized carbons (Fsp3) is 0.348. The third-order valence-corrected chi connectivity index (χ3v) is 5.58. The number of hydrogen-bond donors (Lipinski definition) is 3. The molecule has 10 nitrogen and oxygen atoms in total. The minimum absolute atomic E-state index is 0.0132. The van der Waals surface area contributed by atoms with Crippen molar-refractivity contribution in [2.45, 2.75) is 38.6 Å². The van der Waals surface area contributed by atoms with Gasteiger partial charge in [-0.3, -0.25) is 19.2 Å². The van der Waals surface area contributed by atoms with Gasteiger partial charge in [0.25, 0.3) is 5.91 Å². The largest absolute Gasteiger partial charge is 0.480 e. The molecule has 3 rings (SSSR count). The Kier molecular flexibility index (Phi) is 7.27. The molecule has 0 aromatic carbocycles. The summed E-state index contributed by atoms with van der Waals surface area (Å²) in [6.45, 7) is 6.37. The number of hydrogen-bond acceptors (Lipinski definition) is 6. The highest BCUT2D eigenvalue weighted by Gasteiger charge is 2.32. The summed E-state index contributed by atoms with van der Waals surface area (Å²) in [5, 5.41) is 5.26. The van der Waals surface area contributed by atoms with Crippen molar-refractivity contribution in [3.05, 3.63) is 53.4 Å². The van der Waals surface area contributed by atoms with Crippen LogP contribution in [0.5, 0.6) is 5.88 Å². The molecule has 0 unspecified atom stereocenters. The number of amides is 4. The molecule has 1 aromatic rings. The standard InChI is InChI=1S/C23H27N5O5/c1-13(7-8-17-14(2)10-19(29)27-17)18-6-4-5-9-28(18)23(32)21(31)26-15-11-16(20(24)30)22(33-3)25-12-15/h7-8,11-12,18H,1,4-6,9-10H2,2-3H3,(H2,24,30)(H,26,31)(H,27,29)/b8-7-/t18-/m0/s1. The van der Waals surface area contributed by atoms with Gasteiger partial charge in [0.2, 0.25) is 11.8 Å². The number of methoxy groups -OCH3 is 1. The van der Waals surface area contributed by atoms with Crippen molar-refractivity contribution in [3.8, 4) is 5.88 Å². The Balaban J connectivity index is 1.72. The zero-order valence-corrected chi connectivity index (χ0v) is 18.6.